The lowest BCUT2D eigenvalue weighted by atomic mass is 10.4. The van der Waals surface area contributed by atoms with Gasteiger partial charge in [0.1, 0.15) is 6.10 Å². The fourth-order valence-corrected chi connectivity index (χ4v) is 0.307. The summed E-state index contributed by atoms with van der Waals surface area (Å²) in [6, 6.07) is 0. The van der Waals surface area contributed by atoms with Crippen LogP contribution in [0, 0.1) is 0 Å². The Morgan fingerprint density at radius 2 is 2.25 bits per heavy atom. The van der Waals surface area contributed by atoms with Crippen LogP contribution in [0.5, 0.6) is 0 Å². The maximum absolute atomic E-state index is 8.61. The van der Waals surface area contributed by atoms with E-state index >= 15 is 0 Å². The Balaban J connectivity index is 2.86. The molecule has 0 aliphatic carbocycles. The highest BCUT2D eigenvalue weighted by Crippen LogP contribution is 1.81. The standard InChI is InChI=1S/C5H12O3/c1-2-8-4-5(7)3-6/h5-7H,2-4H2,1H3. The summed E-state index contributed by atoms with van der Waals surface area (Å²) < 4.78 is 4.78. The fraction of sp³-hybridized carbons (Fsp3) is 1.00. The fourth-order valence-electron chi connectivity index (χ4n) is 0.307. The van der Waals surface area contributed by atoms with Crippen LogP contribution in [0.4, 0.5) is 0 Å². The lowest BCUT2D eigenvalue weighted by molar-refractivity contribution is 0.0104. The lowest BCUT2D eigenvalue weighted by Gasteiger charge is -2.04. The van der Waals surface area contributed by atoms with Gasteiger partial charge in [0, 0.05) is 6.61 Å². The minimum absolute atomic E-state index is 0.222. The van der Waals surface area contributed by atoms with Gasteiger partial charge in [0.25, 0.3) is 0 Å². The van der Waals surface area contributed by atoms with Crippen LogP contribution in [0.25, 0.3) is 0 Å². The first-order chi connectivity index (χ1) is 3.81. The van der Waals surface area contributed by atoms with E-state index < -0.39 is 6.10 Å². The number of hydrogen-bond acceptors (Lipinski definition) is 3. The zero-order chi connectivity index (χ0) is 6.41. The summed E-state index contributed by atoms with van der Waals surface area (Å²) in [4.78, 5) is 0. The Kier molecular flexibility index (Phi) is 4.95. The van der Waals surface area contributed by atoms with E-state index in [9.17, 15) is 0 Å². The van der Waals surface area contributed by atoms with Gasteiger partial charge in [-0.25, -0.2) is 0 Å². The van der Waals surface area contributed by atoms with Gasteiger partial charge in [0.05, 0.1) is 13.2 Å². The summed E-state index contributed by atoms with van der Waals surface area (Å²) in [5, 5.41) is 16.8. The molecule has 0 fully saturated rings. The number of ether oxygens (including phenoxy) is 1. The molecule has 0 spiro atoms. The summed E-state index contributed by atoms with van der Waals surface area (Å²) in [7, 11) is 0. The van der Waals surface area contributed by atoms with Crippen molar-refractivity contribution in [3.8, 4) is 0 Å². The van der Waals surface area contributed by atoms with Gasteiger partial charge in [-0.05, 0) is 6.92 Å². The van der Waals surface area contributed by atoms with Crippen molar-refractivity contribution in [2.24, 2.45) is 0 Å². The van der Waals surface area contributed by atoms with Crippen molar-refractivity contribution < 1.29 is 14.9 Å². The summed E-state index contributed by atoms with van der Waals surface area (Å²) in [5.74, 6) is 0. The zero-order valence-electron chi connectivity index (χ0n) is 5.00. The van der Waals surface area contributed by atoms with Gasteiger partial charge < -0.3 is 14.9 Å². The van der Waals surface area contributed by atoms with Gasteiger partial charge in [-0.1, -0.05) is 0 Å². The second-order valence-corrected chi connectivity index (χ2v) is 1.50. The molecule has 0 amide bonds. The van der Waals surface area contributed by atoms with E-state index in [1.54, 1.807) is 0 Å². The summed E-state index contributed by atoms with van der Waals surface area (Å²) >= 11 is 0. The highest BCUT2D eigenvalue weighted by atomic mass is 16.5. The number of hydrogen-bond donors (Lipinski definition) is 2. The predicted molar refractivity (Wildman–Crippen MR) is 29.6 cm³/mol. The van der Waals surface area contributed by atoms with Crippen LogP contribution >= 0.6 is 0 Å². The molecule has 8 heavy (non-hydrogen) atoms. The largest absolute Gasteiger partial charge is 0.394 e. The van der Waals surface area contributed by atoms with E-state index in [4.69, 9.17) is 14.9 Å². The van der Waals surface area contributed by atoms with E-state index in [-0.39, 0.29) is 13.2 Å². The summed E-state index contributed by atoms with van der Waals surface area (Å²) in [5.41, 5.74) is 0. The quantitative estimate of drug-likeness (QED) is 0.519. The molecule has 3 heteroatoms. The van der Waals surface area contributed by atoms with E-state index in [0.717, 1.165) is 0 Å². The summed E-state index contributed by atoms with van der Waals surface area (Å²) in [6.07, 6.45) is -0.713. The van der Waals surface area contributed by atoms with Crippen molar-refractivity contribution in [2.75, 3.05) is 19.8 Å². The van der Waals surface area contributed by atoms with Gasteiger partial charge in [0.15, 0.2) is 0 Å². The molecule has 0 aliphatic heterocycles. The Bertz CT molecular complexity index is 46.9. The smallest absolute Gasteiger partial charge is 0.100 e. The van der Waals surface area contributed by atoms with Crippen LogP contribution < -0.4 is 0 Å². The maximum atomic E-state index is 8.61. The monoisotopic (exact) mass is 120 g/mol. The molecular weight excluding hydrogens is 108 g/mol. The van der Waals surface area contributed by atoms with Crippen LogP contribution in [0.2, 0.25) is 0 Å². The number of aliphatic hydroxyl groups is 2. The first kappa shape index (κ1) is 7.88. The molecule has 1 unspecified atom stereocenters. The molecular formula is C5H12O3. The van der Waals surface area contributed by atoms with Crippen molar-refractivity contribution in [1.82, 2.24) is 0 Å². The van der Waals surface area contributed by atoms with Crippen molar-refractivity contribution in [3.05, 3.63) is 0 Å². The van der Waals surface area contributed by atoms with Gasteiger partial charge in [0.2, 0.25) is 0 Å². The third kappa shape index (κ3) is 4.05. The van der Waals surface area contributed by atoms with Crippen molar-refractivity contribution in [3.63, 3.8) is 0 Å². The van der Waals surface area contributed by atoms with Crippen LogP contribution in [-0.4, -0.2) is 36.1 Å². The first-order valence-corrected chi connectivity index (χ1v) is 2.68. The second kappa shape index (κ2) is 5.03. The molecule has 0 bridgehead atoms. The molecule has 2 N–H and O–H groups in total. The molecule has 0 aromatic rings. The normalized spacial score (nSPS) is 13.9. The highest BCUT2D eigenvalue weighted by Gasteiger charge is 1.98. The van der Waals surface area contributed by atoms with Crippen molar-refractivity contribution >= 4 is 0 Å². The topological polar surface area (TPSA) is 49.7 Å². The summed E-state index contributed by atoms with van der Waals surface area (Å²) in [6.45, 7) is 2.42. The number of rotatable bonds is 4. The Labute approximate surface area is 48.9 Å². The molecule has 50 valence electrons. The van der Waals surface area contributed by atoms with Gasteiger partial charge in [-0.2, -0.15) is 0 Å². The van der Waals surface area contributed by atoms with E-state index in [0.29, 0.717) is 6.61 Å². The molecule has 0 heterocycles. The minimum Gasteiger partial charge on any atom is -0.394 e. The molecule has 0 saturated carbocycles. The van der Waals surface area contributed by atoms with Crippen molar-refractivity contribution in [1.29, 1.82) is 0 Å². The molecule has 0 saturated heterocycles. The Morgan fingerprint density at radius 3 is 2.62 bits per heavy atom. The van der Waals surface area contributed by atoms with Gasteiger partial charge >= 0.3 is 0 Å². The molecule has 0 aromatic heterocycles. The molecule has 1 atom stereocenters. The van der Waals surface area contributed by atoms with Crippen LogP contribution in [0.3, 0.4) is 0 Å². The molecule has 0 rings (SSSR count). The SMILES string of the molecule is CCOCC(O)CO. The third-order valence-electron chi connectivity index (χ3n) is 0.725. The first-order valence-electron chi connectivity index (χ1n) is 2.68. The van der Waals surface area contributed by atoms with E-state index in [1.165, 1.54) is 0 Å². The van der Waals surface area contributed by atoms with Crippen molar-refractivity contribution in [2.45, 2.75) is 13.0 Å². The van der Waals surface area contributed by atoms with E-state index in [1.807, 2.05) is 6.92 Å². The van der Waals surface area contributed by atoms with Crippen LogP contribution in [0.15, 0.2) is 0 Å². The Morgan fingerprint density at radius 1 is 1.62 bits per heavy atom. The maximum Gasteiger partial charge on any atom is 0.100 e. The van der Waals surface area contributed by atoms with Crippen LogP contribution in [-0.2, 0) is 4.74 Å². The minimum atomic E-state index is -0.713. The second-order valence-electron chi connectivity index (χ2n) is 1.50. The number of aliphatic hydroxyl groups excluding tert-OH is 2. The third-order valence-corrected chi connectivity index (χ3v) is 0.725. The highest BCUT2D eigenvalue weighted by molar-refractivity contribution is 4.47. The average molecular weight is 120 g/mol. The Hall–Kier alpha value is -0.120. The van der Waals surface area contributed by atoms with Gasteiger partial charge in [-0.15, -0.1) is 0 Å². The lowest BCUT2D eigenvalue weighted by Crippen LogP contribution is -2.19. The van der Waals surface area contributed by atoms with E-state index in [2.05, 4.69) is 0 Å². The molecule has 3 nitrogen and oxygen atoms in total. The zero-order valence-corrected chi connectivity index (χ0v) is 5.00. The molecule has 0 aliphatic rings. The van der Waals surface area contributed by atoms with Gasteiger partial charge in [-0.3, -0.25) is 0 Å². The van der Waals surface area contributed by atoms with Crippen LogP contribution in [0.1, 0.15) is 6.92 Å². The molecule has 0 aromatic carbocycles. The predicted octanol–water partition coefficient (Wildman–Crippen LogP) is -0.624. The average Bonchev–Trinajstić information content (AvgIpc) is 1.83. The molecule has 0 radical (unpaired) electrons.